The number of carbonyl (C=O) groups excluding carboxylic acids is 1. The smallest absolute Gasteiger partial charge is 0.265 e. The number of amides is 1. The largest absolute Gasteiger partial charge is 0.478 e. The molecule has 0 bridgehead atoms. The number of sulfonamides is 1. The van der Waals surface area contributed by atoms with Crippen molar-refractivity contribution in [1.29, 1.82) is 0 Å². The van der Waals surface area contributed by atoms with Crippen LogP contribution >= 0.6 is 0 Å². The Balaban J connectivity index is 1.45. The zero-order chi connectivity index (χ0) is 21.8. The lowest BCUT2D eigenvalue weighted by Gasteiger charge is -2.20. The van der Waals surface area contributed by atoms with Gasteiger partial charge < -0.3 is 14.8 Å². The van der Waals surface area contributed by atoms with Gasteiger partial charge in [0.1, 0.15) is 17.2 Å². The van der Waals surface area contributed by atoms with E-state index in [-0.39, 0.29) is 18.9 Å². The fourth-order valence-electron chi connectivity index (χ4n) is 3.31. The first kappa shape index (κ1) is 20.7. The molecule has 3 aromatic rings. The molecule has 8 heteroatoms. The minimum Gasteiger partial charge on any atom is -0.478 e. The molecule has 1 unspecified atom stereocenters. The number of hydrogen-bond acceptors (Lipinski definition) is 5. The van der Waals surface area contributed by atoms with E-state index in [0.29, 0.717) is 22.9 Å². The summed E-state index contributed by atoms with van der Waals surface area (Å²) in [5.74, 6) is 1.38. The highest BCUT2D eigenvalue weighted by Crippen LogP contribution is 2.34. The number of ether oxygens (including phenoxy) is 2. The second kappa shape index (κ2) is 8.69. The third kappa shape index (κ3) is 4.97. The van der Waals surface area contributed by atoms with Crippen molar-refractivity contribution < 1.29 is 22.7 Å². The molecule has 160 valence electrons. The molecule has 1 N–H and O–H groups in total. The molecule has 0 saturated heterocycles. The van der Waals surface area contributed by atoms with Crippen LogP contribution in [0.25, 0.3) is 0 Å². The van der Waals surface area contributed by atoms with Crippen LogP contribution in [0.15, 0.2) is 78.9 Å². The van der Waals surface area contributed by atoms with Gasteiger partial charge >= 0.3 is 0 Å². The summed E-state index contributed by atoms with van der Waals surface area (Å²) in [6.07, 6.45) is 0.541. The summed E-state index contributed by atoms with van der Waals surface area (Å²) in [5, 5.41) is 2.83. The Kier molecular flexibility index (Phi) is 5.81. The number of benzene rings is 3. The zero-order valence-electron chi connectivity index (χ0n) is 16.9. The lowest BCUT2D eigenvalue weighted by Crippen LogP contribution is -2.35. The maximum atomic E-state index is 12.8. The standard InChI is InChI=1S/C23H22N2O5S/c1-31(27,28)25-16-15-22(30-21-10-6-5-9-20(21)25)23(26)24-17-11-13-19(14-12-17)29-18-7-3-2-4-8-18/h2-14,22H,15-16H2,1H3,(H,24,26). The lowest BCUT2D eigenvalue weighted by molar-refractivity contribution is -0.122. The maximum Gasteiger partial charge on any atom is 0.265 e. The molecule has 1 heterocycles. The predicted molar refractivity (Wildman–Crippen MR) is 119 cm³/mol. The zero-order valence-corrected chi connectivity index (χ0v) is 17.7. The monoisotopic (exact) mass is 438 g/mol. The van der Waals surface area contributed by atoms with E-state index in [2.05, 4.69) is 5.32 Å². The van der Waals surface area contributed by atoms with E-state index < -0.39 is 16.1 Å². The predicted octanol–water partition coefficient (Wildman–Crippen LogP) is 4.03. The van der Waals surface area contributed by atoms with Gasteiger partial charge in [-0.05, 0) is 48.5 Å². The molecule has 0 aliphatic carbocycles. The number of fused-ring (bicyclic) bond motifs is 1. The maximum absolute atomic E-state index is 12.8. The topological polar surface area (TPSA) is 84.9 Å². The third-order valence-corrected chi connectivity index (χ3v) is 5.97. The third-order valence-electron chi connectivity index (χ3n) is 4.79. The molecule has 31 heavy (non-hydrogen) atoms. The summed E-state index contributed by atoms with van der Waals surface area (Å²) in [6.45, 7) is 0.151. The lowest BCUT2D eigenvalue weighted by atomic mass is 10.2. The first-order valence-corrected chi connectivity index (χ1v) is 11.6. The van der Waals surface area contributed by atoms with Crippen LogP contribution in [0.4, 0.5) is 11.4 Å². The van der Waals surface area contributed by atoms with Gasteiger partial charge in [0.15, 0.2) is 6.10 Å². The van der Waals surface area contributed by atoms with E-state index in [1.807, 2.05) is 30.3 Å². The molecule has 1 aliphatic heterocycles. The van der Waals surface area contributed by atoms with Crippen LogP contribution < -0.4 is 19.1 Å². The molecule has 0 spiro atoms. The highest BCUT2D eigenvalue weighted by Gasteiger charge is 2.31. The van der Waals surface area contributed by atoms with Crippen LogP contribution in [0, 0.1) is 0 Å². The Bertz CT molecular complexity index is 1160. The number of para-hydroxylation sites is 3. The summed E-state index contributed by atoms with van der Waals surface area (Å²) in [7, 11) is -3.49. The molecule has 0 aromatic heterocycles. The van der Waals surface area contributed by atoms with Crippen LogP contribution in [0.2, 0.25) is 0 Å². The van der Waals surface area contributed by atoms with Crippen LogP contribution in [-0.4, -0.2) is 33.2 Å². The van der Waals surface area contributed by atoms with Gasteiger partial charge in [0, 0.05) is 18.7 Å². The molecule has 7 nitrogen and oxygen atoms in total. The minimum absolute atomic E-state index is 0.151. The summed E-state index contributed by atoms with van der Waals surface area (Å²) in [4.78, 5) is 12.8. The van der Waals surface area contributed by atoms with Crippen molar-refractivity contribution in [3.8, 4) is 17.2 Å². The van der Waals surface area contributed by atoms with Crippen molar-refractivity contribution in [2.45, 2.75) is 12.5 Å². The molecule has 1 aliphatic rings. The van der Waals surface area contributed by atoms with Gasteiger partial charge in [-0.25, -0.2) is 8.42 Å². The van der Waals surface area contributed by atoms with E-state index in [1.54, 1.807) is 48.5 Å². The molecule has 4 rings (SSSR count). The highest BCUT2D eigenvalue weighted by atomic mass is 32.2. The molecular weight excluding hydrogens is 416 g/mol. The molecule has 1 amide bonds. The van der Waals surface area contributed by atoms with Gasteiger partial charge in [0.25, 0.3) is 5.91 Å². The van der Waals surface area contributed by atoms with Crippen LogP contribution in [0.3, 0.4) is 0 Å². The van der Waals surface area contributed by atoms with Crippen molar-refractivity contribution >= 4 is 27.3 Å². The average Bonchev–Trinajstić information content (AvgIpc) is 2.96. The Hall–Kier alpha value is -3.52. The van der Waals surface area contributed by atoms with E-state index in [1.165, 1.54) is 4.31 Å². The molecule has 1 atom stereocenters. The fourth-order valence-corrected chi connectivity index (χ4v) is 4.26. The quantitative estimate of drug-likeness (QED) is 0.650. The Morgan fingerprint density at radius 3 is 2.32 bits per heavy atom. The molecule has 3 aromatic carbocycles. The van der Waals surface area contributed by atoms with Crippen LogP contribution in [0.5, 0.6) is 17.2 Å². The van der Waals surface area contributed by atoms with E-state index in [9.17, 15) is 13.2 Å². The average molecular weight is 439 g/mol. The Labute approximate surface area is 181 Å². The summed E-state index contributed by atoms with van der Waals surface area (Å²) < 4.78 is 37.3. The van der Waals surface area contributed by atoms with Gasteiger partial charge in [0.2, 0.25) is 10.0 Å². The number of carbonyl (C=O) groups is 1. The number of rotatable bonds is 5. The van der Waals surface area contributed by atoms with Crippen molar-refractivity contribution in [3.05, 3.63) is 78.9 Å². The van der Waals surface area contributed by atoms with E-state index >= 15 is 0 Å². The SMILES string of the molecule is CS(=O)(=O)N1CCC(C(=O)Nc2ccc(Oc3ccccc3)cc2)Oc2ccccc21. The van der Waals surface area contributed by atoms with Gasteiger partial charge in [-0.2, -0.15) is 0 Å². The Morgan fingerprint density at radius 1 is 0.968 bits per heavy atom. The first-order chi connectivity index (χ1) is 14.9. The highest BCUT2D eigenvalue weighted by molar-refractivity contribution is 7.92. The van der Waals surface area contributed by atoms with Gasteiger partial charge in [-0.15, -0.1) is 0 Å². The molecule has 0 radical (unpaired) electrons. The minimum atomic E-state index is -3.49. The second-order valence-corrected chi connectivity index (χ2v) is 9.03. The number of hydrogen-bond donors (Lipinski definition) is 1. The van der Waals surface area contributed by atoms with Gasteiger partial charge in [-0.1, -0.05) is 30.3 Å². The first-order valence-electron chi connectivity index (χ1n) is 9.77. The summed E-state index contributed by atoms with van der Waals surface area (Å²) in [5.41, 5.74) is 1.02. The van der Waals surface area contributed by atoms with Crippen molar-refractivity contribution in [2.75, 3.05) is 22.4 Å². The van der Waals surface area contributed by atoms with Crippen molar-refractivity contribution in [1.82, 2.24) is 0 Å². The van der Waals surface area contributed by atoms with E-state index in [0.717, 1.165) is 12.0 Å². The molecular formula is C23H22N2O5S. The summed E-state index contributed by atoms with van der Waals surface area (Å²) >= 11 is 0. The summed E-state index contributed by atoms with van der Waals surface area (Å²) in [6, 6.07) is 23.2. The number of nitrogens with zero attached hydrogens (tertiary/aromatic N) is 1. The van der Waals surface area contributed by atoms with Crippen molar-refractivity contribution in [3.63, 3.8) is 0 Å². The fraction of sp³-hybridized carbons (Fsp3) is 0.174. The van der Waals surface area contributed by atoms with Gasteiger partial charge in [0.05, 0.1) is 11.9 Å². The second-order valence-electron chi connectivity index (χ2n) is 7.13. The number of anilines is 2. The van der Waals surface area contributed by atoms with Crippen LogP contribution in [0.1, 0.15) is 6.42 Å². The van der Waals surface area contributed by atoms with Crippen molar-refractivity contribution in [2.24, 2.45) is 0 Å². The van der Waals surface area contributed by atoms with Gasteiger partial charge in [-0.3, -0.25) is 9.10 Å². The Morgan fingerprint density at radius 2 is 1.61 bits per heavy atom. The number of nitrogens with one attached hydrogen (secondary N) is 1. The molecule has 0 fully saturated rings. The van der Waals surface area contributed by atoms with E-state index in [4.69, 9.17) is 9.47 Å². The normalized spacial score (nSPS) is 15.9. The molecule has 0 saturated carbocycles. The van der Waals surface area contributed by atoms with Crippen LogP contribution in [-0.2, 0) is 14.8 Å².